The van der Waals surface area contributed by atoms with Crippen LogP contribution in [0, 0.1) is 0 Å². The third-order valence-corrected chi connectivity index (χ3v) is 4.80. The Kier molecular flexibility index (Phi) is 13.9. The van der Waals surface area contributed by atoms with Crippen LogP contribution >= 0.6 is 48.0 Å². The quantitative estimate of drug-likeness (QED) is 0.304. The number of nitrogens with one attached hydrogen (secondary N) is 2. The van der Waals surface area contributed by atoms with Crippen LogP contribution in [0.4, 0.5) is 0 Å². The Labute approximate surface area is 152 Å². The van der Waals surface area contributed by atoms with Crippen molar-refractivity contribution >= 4 is 57.3 Å². The number of thiocarbonyl (C=S) groups is 2. The van der Waals surface area contributed by atoms with Crippen molar-refractivity contribution in [1.82, 2.24) is 10.6 Å². The Morgan fingerprint density at radius 3 is 2.41 bits per heavy atom. The lowest BCUT2D eigenvalue weighted by Crippen LogP contribution is -2.27. The summed E-state index contributed by atoms with van der Waals surface area (Å²) in [5.74, 6) is 2.01. The smallest absolute Gasteiger partial charge is 0.146 e. The van der Waals surface area contributed by atoms with E-state index < -0.39 is 0 Å². The molecule has 2 N–H and O–H groups in total. The first-order chi connectivity index (χ1) is 10.5. The average molecular weight is 381 g/mol. The van der Waals surface area contributed by atoms with E-state index in [1.807, 2.05) is 13.8 Å². The molecule has 0 rings (SSSR count). The van der Waals surface area contributed by atoms with Crippen LogP contribution in [0.2, 0.25) is 0 Å². The summed E-state index contributed by atoms with van der Waals surface area (Å²) in [4.78, 5) is 0.753. The van der Waals surface area contributed by atoms with Crippen LogP contribution in [0.3, 0.4) is 0 Å². The van der Waals surface area contributed by atoms with Crippen molar-refractivity contribution in [3.05, 3.63) is 24.0 Å². The van der Waals surface area contributed by atoms with Crippen molar-refractivity contribution in [3.63, 3.8) is 0 Å². The second-order valence-electron chi connectivity index (χ2n) is 3.94. The van der Waals surface area contributed by atoms with Crippen LogP contribution in [-0.2, 0) is 9.47 Å². The predicted molar refractivity (Wildman–Crippen MR) is 108 cm³/mol. The van der Waals surface area contributed by atoms with Crippen LogP contribution < -0.4 is 10.6 Å². The van der Waals surface area contributed by atoms with Crippen molar-refractivity contribution in [3.8, 4) is 0 Å². The topological polar surface area (TPSA) is 42.5 Å². The monoisotopic (exact) mass is 380 g/mol. The Hall–Kier alpha value is -0.440. The van der Waals surface area contributed by atoms with Gasteiger partial charge < -0.3 is 20.1 Å². The Balaban J connectivity index is 3.58. The molecule has 0 amide bonds. The summed E-state index contributed by atoms with van der Waals surface area (Å²) < 4.78 is 11.5. The van der Waals surface area contributed by atoms with E-state index in [0.29, 0.717) is 42.1 Å². The van der Waals surface area contributed by atoms with E-state index in [9.17, 15) is 0 Å². The molecule has 0 saturated carbocycles. The van der Waals surface area contributed by atoms with E-state index >= 15 is 0 Å². The summed E-state index contributed by atoms with van der Waals surface area (Å²) in [6.07, 6.45) is 0. The summed E-state index contributed by atoms with van der Waals surface area (Å²) in [5, 5.41) is 6.87. The molecule has 0 aliphatic carbocycles. The SMILES string of the molecule is C=C(CSC(=S)NCC)OCCNC(=S)CSC(=C)OCC. The molecule has 0 bridgehead atoms. The van der Waals surface area contributed by atoms with Gasteiger partial charge in [-0.15, -0.1) is 0 Å². The number of rotatable bonds is 12. The zero-order chi connectivity index (χ0) is 16.8. The maximum absolute atomic E-state index is 5.51. The predicted octanol–water partition coefficient (Wildman–Crippen LogP) is 3.30. The molecule has 0 aromatic carbocycles. The molecular weight excluding hydrogens is 356 g/mol. The fourth-order valence-electron chi connectivity index (χ4n) is 1.17. The molecular formula is C14H24N2O2S4. The van der Waals surface area contributed by atoms with Gasteiger partial charge in [0.15, 0.2) is 0 Å². The first kappa shape index (κ1) is 21.6. The summed E-state index contributed by atoms with van der Waals surface area (Å²) >= 11 is 13.3. The first-order valence-corrected chi connectivity index (χ1v) is 9.70. The van der Waals surface area contributed by atoms with E-state index in [0.717, 1.165) is 15.9 Å². The summed E-state index contributed by atoms with van der Waals surface area (Å²) in [6.45, 7) is 14.2. The zero-order valence-electron chi connectivity index (χ0n) is 13.1. The molecule has 0 aromatic rings. The molecule has 4 nitrogen and oxygen atoms in total. The Morgan fingerprint density at radius 2 is 1.77 bits per heavy atom. The maximum Gasteiger partial charge on any atom is 0.146 e. The van der Waals surface area contributed by atoms with Gasteiger partial charge in [-0.25, -0.2) is 0 Å². The van der Waals surface area contributed by atoms with Gasteiger partial charge in [-0.1, -0.05) is 54.5 Å². The highest BCUT2D eigenvalue weighted by molar-refractivity contribution is 8.23. The average Bonchev–Trinajstić information content (AvgIpc) is 2.48. The highest BCUT2D eigenvalue weighted by atomic mass is 32.2. The third-order valence-electron chi connectivity index (χ3n) is 2.09. The van der Waals surface area contributed by atoms with Crippen molar-refractivity contribution in [2.45, 2.75) is 13.8 Å². The molecule has 22 heavy (non-hydrogen) atoms. The van der Waals surface area contributed by atoms with Gasteiger partial charge in [-0.05, 0) is 20.4 Å². The highest BCUT2D eigenvalue weighted by Gasteiger charge is 2.02. The van der Waals surface area contributed by atoms with Crippen LogP contribution in [0.1, 0.15) is 13.8 Å². The largest absolute Gasteiger partial charge is 0.496 e. The molecule has 0 saturated heterocycles. The van der Waals surface area contributed by atoms with Gasteiger partial charge in [0, 0.05) is 13.1 Å². The number of hydrogen-bond acceptors (Lipinski definition) is 6. The van der Waals surface area contributed by atoms with Gasteiger partial charge in [-0.3, -0.25) is 0 Å². The normalized spacial score (nSPS) is 9.73. The van der Waals surface area contributed by atoms with Gasteiger partial charge in [0.2, 0.25) is 0 Å². The molecule has 8 heteroatoms. The molecule has 0 spiro atoms. The van der Waals surface area contributed by atoms with Crippen LogP contribution in [0.5, 0.6) is 0 Å². The Bertz CT molecular complexity index is 353. The molecule has 0 atom stereocenters. The van der Waals surface area contributed by atoms with Gasteiger partial charge in [0.05, 0.1) is 28.9 Å². The van der Waals surface area contributed by atoms with Crippen LogP contribution in [0.15, 0.2) is 24.0 Å². The molecule has 0 aliphatic heterocycles. The molecule has 0 aliphatic rings. The van der Waals surface area contributed by atoms with Crippen molar-refractivity contribution in [2.24, 2.45) is 0 Å². The van der Waals surface area contributed by atoms with Crippen LogP contribution in [-0.4, -0.2) is 47.1 Å². The second kappa shape index (κ2) is 14.2. The fourth-order valence-corrected chi connectivity index (χ4v) is 2.99. The van der Waals surface area contributed by atoms with E-state index in [1.165, 1.54) is 23.5 Å². The molecule has 0 unspecified atom stereocenters. The standard InChI is InChI=1S/C14H24N2O2S4/c1-5-15-14(20)22-9-11(3)18-8-7-16-13(19)10-21-12(4)17-6-2/h3-10H2,1-2H3,(H,15,20)(H,16,19). The third kappa shape index (κ3) is 13.2. The Morgan fingerprint density at radius 1 is 1.05 bits per heavy atom. The summed E-state index contributed by atoms with van der Waals surface area (Å²) in [7, 11) is 0. The lowest BCUT2D eigenvalue weighted by atomic mass is 10.6. The number of ether oxygens (including phenoxy) is 2. The molecule has 0 aromatic heterocycles. The zero-order valence-corrected chi connectivity index (χ0v) is 16.4. The van der Waals surface area contributed by atoms with E-state index in [1.54, 1.807) is 0 Å². The van der Waals surface area contributed by atoms with Crippen molar-refractivity contribution < 1.29 is 9.47 Å². The van der Waals surface area contributed by atoms with Gasteiger partial charge in [-0.2, -0.15) is 0 Å². The minimum absolute atomic E-state index is 0.518. The minimum Gasteiger partial charge on any atom is -0.496 e. The summed E-state index contributed by atoms with van der Waals surface area (Å²) in [6, 6.07) is 0. The fraction of sp³-hybridized carbons (Fsp3) is 0.571. The lowest BCUT2D eigenvalue weighted by Gasteiger charge is -2.12. The van der Waals surface area contributed by atoms with Crippen molar-refractivity contribution in [1.29, 1.82) is 0 Å². The van der Waals surface area contributed by atoms with Crippen LogP contribution in [0.25, 0.3) is 0 Å². The molecule has 0 fully saturated rings. The summed E-state index contributed by atoms with van der Waals surface area (Å²) in [5.41, 5.74) is 0. The van der Waals surface area contributed by atoms with E-state index in [4.69, 9.17) is 33.9 Å². The molecule has 0 radical (unpaired) electrons. The first-order valence-electron chi connectivity index (χ1n) is 6.91. The van der Waals surface area contributed by atoms with E-state index in [2.05, 4.69) is 23.8 Å². The second-order valence-corrected chi connectivity index (χ2v) is 7.12. The van der Waals surface area contributed by atoms with Gasteiger partial charge >= 0.3 is 0 Å². The number of hydrogen-bond donors (Lipinski definition) is 2. The van der Waals surface area contributed by atoms with Gasteiger partial charge in [0.1, 0.15) is 16.0 Å². The molecule has 126 valence electrons. The molecule has 0 heterocycles. The maximum atomic E-state index is 5.51. The van der Waals surface area contributed by atoms with E-state index in [-0.39, 0.29) is 0 Å². The minimum atomic E-state index is 0.518. The van der Waals surface area contributed by atoms with Gasteiger partial charge in [0.25, 0.3) is 0 Å². The number of thioether (sulfide) groups is 2. The highest BCUT2D eigenvalue weighted by Crippen LogP contribution is 2.14. The van der Waals surface area contributed by atoms with Crippen molar-refractivity contribution in [2.75, 3.05) is 37.8 Å². The lowest BCUT2D eigenvalue weighted by molar-refractivity contribution is 0.223.